The predicted octanol–water partition coefficient (Wildman–Crippen LogP) is 1.35. The van der Waals surface area contributed by atoms with Gasteiger partial charge < -0.3 is 10.2 Å². The fraction of sp³-hybridized carbons (Fsp3) is 0.500. The Morgan fingerprint density at radius 1 is 1.33 bits per heavy atom. The molecule has 1 aromatic carbocycles. The summed E-state index contributed by atoms with van der Waals surface area (Å²) in [6, 6.07) is 6.08. The van der Waals surface area contributed by atoms with E-state index in [1.165, 1.54) is 5.56 Å². The minimum absolute atomic E-state index is 0.199. The Morgan fingerprint density at radius 3 is 2.67 bits per heavy atom. The number of carbonyl (C=O) groups excluding carboxylic acids is 2. The van der Waals surface area contributed by atoms with Crippen LogP contribution in [0.5, 0.6) is 0 Å². The van der Waals surface area contributed by atoms with Crippen LogP contribution in [-0.2, 0) is 16.1 Å². The van der Waals surface area contributed by atoms with E-state index in [1.807, 2.05) is 30.9 Å². The zero-order chi connectivity index (χ0) is 15.6. The second-order valence-corrected chi connectivity index (χ2v) is 5.91. The third-order valence-corrected chi connectivity index (χ3v) is 3.99. The van der Waals surface area contributed by atoms with Crippen molar-refractivity contribution in [1.29, 1.82) is 0 Å². The summed E-state index contributed by atoms with van der Waals surface area (Å²) >= 11 is 0. The molecule has 0 aliphatic carbocycles. The topological polar surface area (TPSA) is 61.4 Å². The molecule has 1 saturated heterocycles. The van der Waals surface area contributed by atoms with Crippen molar-refractivity contribution in [3.05, 3.63) is 29.3 Å². The number of nitrogens with zero attached hydrogens (tertiary/aromatic N) is 1. The highest BCUT2D eigenvalue weighted by molar-refractivity contribution is 6.06. The molecule has 0 unspecified atom stereocenters. The van der Waals surface area contributed by atoms with Crippen LogP contribution in [-0.4, -0.2) is 30.4 Å². The Balaban J connectivity index is 2.30. The van der Waals surface area contributed by atoms with Gasteiger partial charge in [0.05, 0.1) is 6.54 Å². The molecule has 0 saturated carbocycles. The maximum absolute atomic E-state index is 12.0. The van der Waals surface area contributed by atoms with E-state index >= 15 is 0 Å². The van der Waals surface area contributed by atoms with Crippen molar-refractivity contribution in [2.75, 3.05) is 18.0 Å². The minimum Gasteiger partial charge on any atom is -0.348 e. The molecule has 5 nitrogen and oxygen atoms in total. The molecule has 5 heteroatoms. The number of aryl methyl sites for hydroxylation is 1. The van der Waals surface area contributed by atoms with Gasteiger partial charge in [-0.15, -0.1) is 0 Å². The monoisotopic (exact) mass is 289 g/mol. The number of amides is 2. The second kappa shape index (κ2) is 5.85. The van der Waals surface area contributed by atoms with Crippen LogP contribution in [0.25, 0.3) is 0 Å². The van der Waals surface area contributed by atoms with Gasteiger partial charge >= 0.3 is 0 Å². The van der Waals surface area contributed by atoms with Crippen molar-refractivity contribution >= 4 is 17.5 Å². The molecule has 0 bridgehead atoms. The van der Waals surface area contributed by atoms with E-state index in [9.17, 15) is 9.59 Å². The maximum Gasteiger partial charge on any atom is 0.251 e. The Morgan fingerprint density at radius 2 is 2.05 bits per heavy atom. The average molecular weight is 289 g/mol. The molecule has 0 atom stereocenters. The lowest BCUT2D eigenvalue weighted by atomic mass is 9.96. The van der Waals surface area contributed by atoms with Crippen molar-refractivity contribution in [2.45, 2.75) is 39.8 Å². The SMILES string of the molecule is CCNCc1ccc(N2CC(=O)NC(=O)C2(C)C)cc1C. The number of piperazine rings is 1. The standard InChI is InChI=1S/C16H23N3O2/c1-5-17-9-12-6-7-13(8-11(12)2)19-10-14(20)18-15(21)16(19,3)4/h6-8,17H,5,9-10H2,1-4H3,(H,18,20,21). The first kappa shape index (κ1) is 15.5. The Labute approximate surface area is 125 Å². The fourth-order valence-corrected chi connectivity index (χ4v) is 2.50. The number of rotatable bonds is 4. The molecule has 0 spiro atoms. The predicted molar refractivity (Wildman–Crippen MR) is 83.1 cm³/mol. The molecule has 1 fully saturated rings. The number of carbonyl (C=O) groups is 2. The highest BCUT2D eigenvalue weighted by Crippen LogP contribution is 2.28. The van der Waals surface area contributed by atoms with Crippen molar-refractivity contribution in [1.82, 2.24) is 10.6 Å². The first-order chi connectivity index (χ1) is 9.86. The summed E-state index contributed by atoms with van der Waals surface area (Å²) < 4.78 is 0. The lowest BCUT2D eigenvalue weighted by molar-refractivity contribution is -0.135. The van der Waals surface area contributed by atoms with Crippen LogP contribution in [0.3, 0.4) is 0 Å². The molecule has 0 aromatic heterocycles. The molecule has 1 aliphatic heterocycles. The van der Waals surface area contributed by atoms with Gasteiger partial charge in [0.2, 0.25) is 5.91 Å². The molecule has 1 aromatic rings. The maximum atomic E-state index is 12.0. The Kier molecular flexibility index (Phi) is 4.32. The largest absolute Gasteiger partial charge is 0.348 e. The highest BCUT2D eigenvalue weighted by atomic mass is 16.2. The van der Waals surface area contributed by atoms with Gasteiger partial charge in [0.25, 0.3) is 5.91 Å². The van der Waals surface area contributed by atoms with Crippen LogP contribution in [0.15, 0.2) is 18.2 Å². The van der Waals surface area contributed by atoms with Crippen molar-refractivity contribution in [3.8, 4) is 0 Å². The van der Waals surface area contributed by atoms with E-state index in [1.54, 1.807) is 0 Å². The Hall–Kier alpha value is -1.88. The van der Waals surface area contributed by atoms with Gasteiger partial charge in [-0.3, -0.25) is 14.9 Å². The molecule has 1 heterocycles. The third kappa shape index (κ3) is 3.08. The van der Waals surface area contributed by atoms with Crippen LogP contribution in [0.4, 0.5) is 5.69 Å². The molecule has 114 valence electrons. The lowest BCUT2D eigenvalue weighted by Crippen LogP contribution is -2.64. The Bertz CT molecular complexity index is 567. The van der Waals surface area contributed by atoms with Crippen molar-refractivity contribution in [3.63, 3.8) is 0 Å². The fourth-order valence-electron chi connectivity index (χ4n) is 2.50. The molecule has 2 amide bonds. The zero-order valence-electron chi connectivity index (χ0n) is 13.1. The summed E-state index contributed by atoms with van der Waals surface area (Å²) in [5.74, 6) is -0.512. The van der Waals surface area contributed by atoms with Gasteiger partial charge in [-0.1, -0.05) is 13.0 Å². The smallest absolute Gasteiger partial charge is 0.251 e. The van der Waals surface area contributed by atoms with Crippen LogP contribution in [0, 0.1) is 6.92 Å². The van der Waals surface area contributed by atoms with Crippen LogP contribution < -0.4 is 15.5 Å². The summed E-state index contributed by atoms with van der Waals surface area (Å²) in [7, 11) is 0. The average Bonchev–Trinajstić information content (AvgIpc) is 2.42. The number of benzene rings is 1. The molecular formula is C16H23N3O2. The molecule has 1 aliphatic rings. The van der Waals surface area contributed by atoms with Crippen LogP contribution in [0.1, 0.15) is 31.9 Å². The molecule has 2 rings (SSSR count). The van der Waals surface area contributed by atoms with E-state index in [2.05, 4.69) is 30.5 Å². The minimum atomic E-state index is -0.733. The molecule has 2 N–H and O–H groups in total. The van der Waals surface area contributed by atoms with Crippen molar-refractivity contribution in [2.24, 2.45) is 0 Å². The third-order valence-electron chi connectivity index (χ3n) is 3.99. The van der Waals surface area contributed by atoms with Gasteiger partial charge in [-0.2, -0.15) is 0 Å². The number of nitrogens with one attached hydrogen (secondary N) is 2. The second-order valence-electron chi connectivity index (χ2n) is 5.91. The number of imide groups is 1. The van der Waals surface area contributed by atoms with Gasteiger partial charge in [-0.25, -0.2) is 0 Å². The number of anilines is 1. The lowest BCUT2D eigenvalue weighted by Gasteiger charge is -2.42. The summed E-state index contributed by atoms with van der Waals surface area (Å²) in [4.78, 5) is 25.5. The first-order valence-electron chi connectivity index (χ1n) is 7.28. The van der Waals surface area contributed by atoms with Gasteiger partial charge in [-0.05, 0) is 50.6 Å². The van der Waals surface area contributed by atoms with Gasteiger partial charge in [0.1, 0.15) is 5.54 Å². The quantitative estimate of drug-likeness (QED) is 0.821. The van der Waals surface area contributed by atoms with Crippen molar-refractivity contribution < 1.29 is 9.59 Å². The highest BCUT2D eigenvalue weighted by Gasteiger charge is 2.41. The van der Waals surface area contributed by atoms with Gasteiger partial charge in [0.15, 0.2) is 0 Å². The number of hydrogen-bond acceptors (Lipinski definition) is 4. The van der Waals surface area contributed by atoms with E-state index in [0.717, 1.165) is 24.3 Å². The van der Waals surface area contributed by atoms with E-state index in [0.29, 0.717) is 0 Å². The zero-order valence-corrected chi connectivity index (χ0v) is 13.1. The summed E-state index contributed by atoms with van der Waals surface area (Å²) in [5, 5.41) is 5.70. The molecule has 0 radical (unpaired) electrons. The molecular weight excluding hydrogens is 266 g/mol. The summed E-state index contributed by atoms with van der Waals surface area (Å²) in [6.07, 6.45) is 0. The van der Waals surface area contributed by atoms with E-state index < -0.39 is 5.54 Å². The molecule has 21 heavy (non-hydrogen) atoms. The first-order valence-corrected chi connectivity index (χ1v) is 7.28. The normalized spacial score (nSPS) is 17.8. The summed E-state index contributed by atoms with van der Waals surface area (Å²) in [5.41, 5.74) is 2.55. The van der Waals surface area contributed by atoms with E-state index in [-0.39, 0.29) is 18.4 Å². The van der Waals surface area contributed by atoms with Crippen LogP contribution in [0.2, 0.25) is 0 Å². The van der Waals surface area contributed by atoms with E-state index in [4.69, 9.17) is 0 Å². The summed E-state index contributed by atoms with van der Waals surface area (Å²) in [6.45, 7) is 9.73. The number of hydrogen-bond donors (Lipinski definition) is 2. The van der Waals surface area contributed by atoms with Gasteiger partial charge in [0, 0.05) is 12.2 Å². The van der Waals surface area contributed by atoms with Crippen LogP contribution >= 0.6 is 0 Å².